The third-order valence-corrected chi connectivity index (χ3v) is 5.88. The van der Waals surface area contributed by atoms with E-state index in [1.807, 2.05) is 0 Å². The number of rotatable bonds is 5. The Hall–Kier alpha value is -2.25. The predicted octanol–water partition coefficient (Wildman–Crippen LogP) is 2.78. The van der Waals surface area contributed by atoms with Crippen LogP contribution in [0.1, 0.15) is 30.0 Å². The second kappa shape index (κ2) is 7.55. The van der Waals surface area contributed by atoms with Crippen LogP contribution >= 0.6 is 0 Å². The Morgan fingerprint density at radius 2 is 1.77 bits per heavy atom. The lowest BCUT2D eigenvalue weighted by atomic mass is 10.1. The first-order chi connectivity index (χ1) is 12.4. The zero-order chi connectivity index (χ0) is 18.7. The smallest absolute Gasteiger partial charge is 0.245 e. The van der Waals surface area contributed by atoms with E-state index in [0.29, 0.717) is 24.2 Å². The molecule has 1 fully saturated rings. The van der Waals surface area contributed by atoms with Crippen LogP contribution < -0.4 is 4.72 Å². The van der Waals surface area contributed by atoms with E-state index in [-0.39, 0.29) is 5.91 Å². The summed E-state index contributed by atoms with van der Waals surface area (Å²) in [6.07, 6.45) is 1.79. The van der Waals surface area contributed by atoms with Crippen LogP contribution in [-0.4, -0.2) is 32.3 Å². The lowest BCUT2D eigenvalue weighted by molar-refractivity contribution is -0.132. The van der Waals surface area contributed by atoms with Crippen molar-refractivity contribution < 1.29 is 17.6 Å². The minimum atomic E-state index is -4.21. The van der Waals surface area contributed by atoms with E-state index in [9.17, 15) is 17.6 Å². The van der Waals surface area contributed by atoms with Crippen molar-refractivity contribution in [2.24, 2.45) is 0 Å². The maximum atomic E-state index is 14.1. The van der Waals surface area contributed by atoms with Gasteiger partial charge in [0.1, 0.15) is 16.8 Å². The number of nitrogens with one attached hydrogen (secondary N) is 1. The SMILES string of the molecule is Cc1ccc(F)c(S(=O)(=O)N[C@@H](C(=O)N2CCCC2)c2ccccc2)c1. The molecule has 26 heavy (non-hydrogen) atoms. The summed E-state index contributed by atoms with van der Waals surface area (Å²) in [5.41, 5.74) is 1.15. The molecule has 5 nitrogen and oxygen atoms in total. The highest BCUT2D eigenvalue weighted by molar-refractivity contribution is 7.89. The summed E-state index contributed by atoms with van der Waals surface area (Å²) in [5.74, 6) is -1.16. The Morgan fingerprint density at radius 1 is 1.12 bits per heavy atom. The molecule has 1 heterocycles. The molecule has 0 unspecified atom stereocenters. The Kier molecular flexibility index (Phi) is 5.38. The van der Waals surface area contributed by atoms with Crippen LogP contribution in [0.3, 0.4) is 0 Å². The Labute approximate surface area is 152 Å². The monoisotopic (exact) mass is 376 g/mol. The number of benzene rings is 2. The fourth-order valence-corrected chi connectivity index (χ4v) is 4.40. The zero-order valence-electron chi connectivity index (χ0n) is 14.5. The van der Waals surface area contributed by atoms with E-state index in [1.54, 1.807) is 42.2 Å². The number of sulfonamides is 1. The van der Waals surface area contributed by atoms with Crippen molar-refractivity contribution in [1.82, 2.24) is 9.62 Å². The van der Waals surface area contributed by atoms with Gasteiger partial charge in [-0.25, -0.2) is 12.8 Å². The molecule has 138 valence electrons. The van der Waals surface area contributed by atoms with E-state index in [4.69, 9.17) is 0 Å². The van der Waals surface area contributed by atoms with Crippen LogP contribution in [0.15, 0.2) is 53.4 Å². The highest BCUT2D eigenvalue weighted by Crippen LogP contribution is 2.23. The van der Waals surface area contributed by atoms with Gasteiger partial charge in [0.2, 0.25) is 15.9 Å². The van der Waals surface area contributed by atoms with Crippen molar-refractivity contribution in [3.8, 4) is 0 Å². The molecule has 1 saturated heterocycles. The van der Waals surface area contributed by atoms with E-state index in [1.165, 1.54) is 12.1 Å². The molecular weight excluding hydrogens is 355 g/mol. The highest BCUT2D eigenvalue weighted by atomic mass is 32.2. The minimum absolute atomic E-state index is 0.315. The summed E-state index contributed by atoms with van der Waals surface area (Å²) in [7, 11) is -4.21. The van der Waals surface area contributed by atoms with Gasteiger partial charge in [-0.1, -0.05) is 36.4 Å². The van der Waals surface area contributed by atoms with Crippen molar-refractivity contribution in [2.45, 2.75) is 30.7 Å². The number of carbonyl (C=O) groups excluding carboxylic acids is 1. The maximum absolute atomic E-state index is 14.1. The molecule has 3 rings (SSSR count). The summed E-state index contributed by atoms with van der Waals surface area (Å²) in [4.78, 5) is 14.1. The van der Waals surface area contributed by atoms with E-state index in [0.717, 1.165) is 18.9 Å². The number of likely N-dealkylation sites (tertiary alicyclic amines) is 1. The number of nitrogens with zero attached hydrogens (tertiary/aromatic N) is 1. The summed E-state index contributed by atoms with van der Waals surface area (Å²) >= 11 is 0. The molecule has 0 spiro atoms. The number of halogens is 1. The molecule has 0 saturated carbocycles. The molecule has 1 aliphatic rings. The van der Waals surface area contributed by atoms with Gasteiger partial charge >= 0.3 is 0 Å². The third-order valence-electron chi connectivity index (χ3n) is 4.45. The summed E-state index contributed by atoms with van der Waals surface area (Å²) in [6, 6.07) is 11.4. The number of carbonyl (C=O) groups is 1. The molecule has 7 heteroatoms. The lowest BCUT2D eigenvalue weighted by Gasteiger charge is -2.24. The van der Waals surface area contributed by atoms with Gasteiger partial charge in [0, 0.05) is 13.1 Å². The largest absolute Gasteiger partial charge is 0.341 e. The molecule has 1 aliphatic heterocycles. The first-order valence-electron chi connectivity index (χ1n) is 8.51. The Balaban J connectivity index is 1.97. The summed E-state index contributed by atoms with van der Waals surface area (Å²) < 4.78 is 42.1. The first kappa shape index (κ1) is 18.5. The number of amides is 1. The molecule has 0 bridgehead atoms. The molecule has 1 atom stereocenters. The van der Waals surface area contributed by atoms with Crippen LogP contribution in [0, 0.1) is 12.7 Å². The van der Waals surface area contributed by atoms with Crippen LogP contribution in [-0.2, 0) is 14.8 Å². The standard InChI is InChI=1S/C19H21FN2O3S/c1-14-9-10-16(20)17(13-14)26(24,25)21-18(15-7-3-2-4-8-15)19(23)22-11-5-6-12-22/h2-4,7-10,13,18,21H,5-6,11-12H2,1H3/t18-/m1/s1. The van der Waals surface area contributed by atoms with Gasteiger partial charge in [0.15, 0.2) is 0 Å². The van der Waals surface area contributed by atoms with E-state index >= 15 is 0 Å². The fraction of sp³-hybridized carbons (Fsp3) is 0.316. The quantitative estimate of drug-likeness (QED) is 0.873. The first-order valence-corrected chi connectivity index (χ1v) is 9.99. The Morgan fingerprint density at radius 3 is 2.42 bits per heavy atom. The van der Waals surface area contributed by atoms with Gasteiger partial charge in [-0.3, -0.25) is 4.79 Å². The van der Waals surface area contributed by atoms with Gasteiger partial charge in [-0.15, -0.1) is 0 Å². The van der Waals surface area contributed by atoms with Gasteiger partial charge in [-0.05, 0) is 43.0 Å². The third kappa shape index (κ3) is 3.94. The van der Waals surface area contributed by atoms with Crippen molar-refractivity contribution in [3.63, 3.8) is 0 Å². The van der Waals surface area contributed by atoms with Crippen molar-refractivity contribution in [2.75, 3.05) is 13.1 Å². The zero-order valence-corrected chi connectivity index (χ0v) is 15.3. The normalized spacial score (nSPS) is 15.8. The second-order valence-corrected chi connectivity index (χ2v) is 8.11. The second-order valence-electron chi connectivity index (χ2n) is 6.43. The Bertz CT molecular complexity index is 894. The molecule has 1 N–H and O–H groups in total. The minimum Gasteiger partial charge on any atom is -0.341 e. The van der Waals surface area contributed by atoms with Crippen molar-refractivity contribution >= 4 is 15.9 Å². The van der Waals surface area contributed by atoms with Crippen molar-refractivity contribution in [3.05, 3.63) is 65.5 Å². The number of hydrogen-bond acceptors (Lipinski definition) is 3. The van der Waals surface area contributed by atoms with Crippen LogP contribution in [0.4, 0.5) is 4.39 Å². The topological polar surface area (TPSA) is 66.5 Å². The van der Waals surface area contributed by atoms with Gasteiger partial charge in [0.05, 0.1) is 0 Å². The molecule has 2 aromatic carbocycles. The molecule has 2 aromatic rings. The van der Waals surface area contributed by atoms with Crippen LogP contribution in [0.5, 0.6) is 0 Å². The molecule has 0 aromatic heterocycles. The van der Waals surface area contributed by atoms with Crippen molar-refractivity contribution in [1.29, 1.82) is 0 Å². The average Bonchev–Trinajstić information content (AvgIpc) is 3.16. The summed E-state index contributed by atoms with van der Waals surface area (Å²) in [5, 5.41) is 0. The molecule has 1 amide bonds. The average molecular weight is 376 g/mol. The fourth-order valence-electron chi connectivity index (χ4n) is 3.06. The summed E-state index contributed by atoms with van der Waals surface area (Å²) in [6.45, 7) is 2.88. The van der Waals surface area contributed by atoms with Gasteiger partial charge in [-0.2, -0.15) is 4.72 Å². The molecule has 0 radical (unpaired) electrons. The maximum Gasteiger partial charge on any atom is 0.245 e. The predicted molar refractivity (Wildman–Crippen MR) is 96.5 cm³/mol. The lowest BCUT2D eigenvalue weighted by Crippen LogP contribution is -2.42. The number of aryl methyl sites for hydroxylation is 1. The molecular formula is C19H21FN2O3S. The van der Waals surface area contributed by atoms with E-state index < -0.39 is 26.8 Å². The number of hydrogen-bond donors (Lipinski definition) is 1. The van der Waals surface area contributed by atoms with Gasteiger partial charge in [0.25, 0.3) is 0 Å². The van der Waals surface area contributed by atoms with Crippen LogP contribution in [0.2, 0.25) is 0 Å². The highest BCUT2D eigenvalue weighted by Gasteiger charge is 2.32. The van der Waals surface area contributed by atoms with Crippen LogP contribution in [0.25, 0.3) is 0 Å². The van der Waals surface area contributed by atoms with Gasteiger partial charge < -0.3 is 4.90 Å². The van der Waals surface area contributed by atoms with E-state index in [2.05, 4.69) is 4.72 Å². The molecule has 0 aliphatic carbocycles.